The van der Waals surface area contributed by atoms with Crippen LogP contribution in [0.2, 0.25) is 0 Å². The van der Waals surface area contributed by atoms with E-state index in [1.165, 1.54) is 17.8 Å². The fourth-order valence-corrected chi connectivity index (χ4v) is 3.23. The molecule has 0 saturated carbocycles. The Morgan fingerprint density at radius 3 is 2.64 bits per heavy atom. The average Bonchev–Trinajstić information content (AvgIpc) is 2.54. The molecule has 22 heavy (non-hydrogen) atoms. The third-order valence-corrected chi connectivity index (χ3v) is 4.70. The fourth-order valence-electron chi connectivity index (χ4n) is 2.00. The lowest BCUT2D eigenvalue weighted by Gasteiger charge is -2.21. The molecule has 0 atom stereocenters. The van der Waals surface area contributed by atoms with Crippen LogP contribution in [-0.2, 0) is 11.3 Å². The maximum Gasteiger partial charge on any atom is 0.233 e. The van der Waals surface area contributed by atoms with E-state index in [1.807, 2.05) is 37.3 Å². The van der Waals surface area contributed by atoms with Gasteiger partial charge >= 0.3 is 0 Å². The van der Waals surface area contributed by atoms with Crippen LogP contribution in [-0.4, -0.2) is 23.1 Å². The van der Waals surface area contributed by atoms with Gasteiger partial charge < -0.3 is 4.90 Å². The molecule has 0 aliphatic carbocycles. The Hall–Kier alpha value is -1.33. The van der Waals surface area contributed by atoms with Gasteiger partial charge in [0.15, 0.2) is 0 Å². The summed E-state index contributed by atoms with van der Waals surface area (Å²) < 4.78 is 14.6. The first-order valence-electron chi connectivity index (χ1n) is 6.99. The number of amides is 1. The van der Waals surface area contributed by atoms with Crippen LogP contribution < -0.4 is 0 Å². The Kier molecular flexibility index (Phi) is 6.46. The maximum absolute atomic E-state index is 13.8. The van der Waals surface area contributed by atoms with Crippen molar-refractivity contribution >= 4 is 33.6 Å². The Labute approximate surface area is 142 Å². The van der Waals surface area contributed by atoms with E-state index in [0.717, 1.165) is 9.37 Å². The van der Waals surface area contributed by atoms with Gasteiger partial charge in [-0.25, -0.2) is 4.39 Å². The van der Waals surface area contributed by atoms with Gasteiger partial charge in [-0.3, -0.25) is 4.79 Å². The van der Waals surface area contributed by atoms with Gasteiger partial charge in [0.1, 0.15) is 5.82 Å². The summed E-state index contributed by atoms with van der Waals surface area (Å²) in [6.45, 7) is 2.75. The number of hydrogen-bond acceptors (Lipinski definition) is 2. The maximum atomic E-state index is 13.8. The first-order valence-corrected chi connectivity index (χ1v) is 8.77. The van der Waals surface area contributed by atoms with Gasteiger partial charge in [-0.15, -0.1) is 11.8 Å². The monoisotopic (exact) mass is 381 g/mol. The summed E-state index contributed by atoms with van der Waals surface area (Å²) in [6.07, 6.45) is 0. The van der Waals surface area contributed by atoms with Crippen molar-refractivity contribution in [1.82, 2.24) is 4.90 Å². The molecule has 0 fully saturated rings. The molecule has 0 spiro atoms. The van der Waals surface area contributed by atoms with E-state index in [2.05, 4.69) is 15.9 Å². The molecular formula is C17H17BrFNOS. The molecule has 116 valence electrons. The van der Waals surface area contributed by atoms with E-state index in [1.54, 1.807) is 17.0 Å². The molecule has 0 aliphatic rings. The Bertz CT molecular complexity index is 636. The van der Waals surface area contributed by atoms with Crippen LogP contribution in [0.4, 0.5) is 4.39 Å². The summed E-state index contributed by atoms with van der Waals surface area (Å²) in [4.78, 5) is 15.0. The van der Waals surface area contributed by atoms with Crippen molar-refractivity contribution in [2.24, 2.45) is 0 Å². The van der Waals surface area contributed by atoms with Gasteiger partial charge in [-0.2, -0.15) is 0 Å². The minimum absolute atomic E-state index is 0.00993. The number of benzene rings is 2. The smallest absolute Gasteiger partial charge is 0.233 e. The Morgan fingerprint density at radius 1 is 1.23 bits per heavy atom. The van der Waals surface area contributed by atoms with Crippen molar-refractivity contribution < 1.29 is 9.18 Å². The van der Waals surface area contributed by atoms with Crippen molar-refractivity contribution in [2.75, 3.05) is 12.3 Å². The Balaban J connectivity index is 1.98. The minimum Gasteiger partial charge on any atom is -0.338 e. The van der Waals surface area contributed by atoms with E-state index >= 15 is 0 Å². The van der Waals surface area contributed by atoms with Crippen molar-refractivity contribution in [3.63, 3.8) is 0 Å². The third-order valence-electron chi connectivity index (χ3n) is 3.21. The van der Waals surface area contributed by atoms with Gasteiger partial charge in [-0.1, -0.05) is 34.1 Å². The zero-order valence-corrected chi connectivity index (χ0v) is 14.7. The summed E-state index contributed by atoms with van der Waals surface area (Å²) in [6, 6.07) is 14.6. The van der Waals surface area contributed by atoms with Crippen LogP contribution in [0.15, 0.2) is 57.9 Å². The molecule has 0 radical (unpaired) electrons. The number of halogens is 2. The highest BCUT2D eigenvalue weighted by atomic mass is 79.9. The van der Waals surface area contributed by atoms with Crippen LogP contribution in [0.1, 0.15) is 12.5 Å². The number of carbonyl (C=O) groups is 1. The second-order valence-electron chi connectivity index (χ2n) is 4.75. The number of rotatable bonds is 6. The second kappa shape index (κ2) is 8.34. The van der Waals surface area contributed by atoms with Gasteiger partial charge in [0.05, 0.1) is 5.75 Å². The standard InChI is InChI=1S/C17H17BrFNOS/c1-2-20(11-13-10-14(18)8-9-16(13)19)17(21)12-22-15-6-4-3-5-7-15/h3-10H,2,11-12H2,1H3. The van der Waals surface area contributed by atoms with E-state index in [0.29, 0.717) is 17.9 Å². The zero-order valence-electron chi connectivity index (χ0n) is 12.3. The average molecular weight is 382 g/mol. The molecule has 0 saturated heterocycles. The molecule has 0 aliphatic heterocycles. The van der Waals surface area contributed by atoms with E-state index in [9.17, 15) is 9.18 Å². The lowest BCUT2D eigenvalue weighted by Crippen LogP contribution is -2.32. The molecule has 2 rings (SSSR count). The SMILES string of the molecule is CCN(Cc1cc(Br)ccc1F)C(=O)CSc1ccccc1. The molecule has 0 aromatic heterocycles. The molecule has 5 heteroatoms. The lowest BCUT2D eigenvalue weighted by molar-refractivity contribution is -0.128. The van der Waals surface area contributed by atoms with Gasteiger partial charge in [0.2, 0.25) is 5.91 Å². The van der Waals surface area contributed by atoms with Crippen LogP contribution in [0.5, 0.6) is 0 Å². The molecule has 1 amide bonds. The number of hydrogen-bond donors (Lipinski definition) is 0. The van der Waals surface area contributed by atoms with E-state index < -0.39 is 0 Å². The van der Waals surface area contributed by atoms with Crippen molar-refractivity contribution in [3.05, 3.63) is 64.4 Å². The van der Waals surface area contributed by atoms with E-state index in [-0.39, 0.29) is 18.3 Å². The highest BCUT2D eigenvalue weighted by molar-refractivity contribution is 9.10. The summed E-state index contributed by atoms with van der Waals surface area (Å²) in [5.74, 6) is 0.0777. The normalized spacial score (nSPS) is 10.5. The quantitative estimate of drug-likeness (QED) is 0.674. The summed E-state index contributed by atoms with van der Waals surface area (Å²) in [5, 5.41) is 0. The Morgan fingerprint density at radius 2 is 1.95 bits per heavy atom. The molecule has 2 aromatic carbocycles. The van der Waals surface area contributed by atoms with E-state index in [4.69, 9.17) is 0 Å². The van der Waals surface area contributed by atoms with Crippen LogP contribution in [0.25, 0.3) is 0 Å². The largest absolute Gasteiger partial charge is 0.338 e. The van der Waals surface area contributed by atoms with Gasteiger partial charge in [0.25, 0.3) is 0 Å². The van der Waals surface area contributed by atoms with Crippen molar-refractivity contribution in [1.29, 1.82) is 0 Å². The predicted molar refractivity (Wildman–Crippen MR) is 92.4 cm³/mol. The molecule has 0 N–H and O–H groups in total. The highest BCUT2D eigenvalue weighted by Gasteiger charge is 2.15. The van der Waals surface area contributed by atoms with Gasteiger partial charge in [0, 0.05) is 28.0 Å². The molecular weight excluding hydrogens is 365 g/mol. The predicted octanol–water partition coefficient (Wildman–Crippen LogP) is 4.73. The van der Waals surface area contributed by atoms with Crippen molar-refractivity contribution in [2.45, 2.75) is 18.4 Å². The highest BCUT2D eigenvalue weighted by Crippen LogP contribution is 2.20. The first-order chi connectivity index (χ1) is 10.6. The number of nitrogens with zero attached hydrogens (tertiary/aromatic N) is 1. The van der Waals surface area contributed by atoms with Gasteiger partial charge in [-0.05, 0) is 37.3 Å². The molecule has 2 aromatic rings. The topological polar surface area (TPSA) is 20.3 Å². The zero-order chi connectivity index (χ0) is 15.9. The third kappa shape index (κ3) is 4.85. The molecule has 2 nitrogen and oxygen atoms in total. The number of carbonyl (C=O) groups excluding carboxylic acids is 1. The molecule has 0 bridgehead atoms. The second-order valence-corrected chi connectivity index (χ2v) is 6.71. The van der Waals surface area contributed by atoms with Crippen LogP contribution >= 0.6 is 27.7 Å². The summed E-state index contributed by atoms with van der Waals surface area (Å²) in [7, 11) is 0. The van der Waals surface area contributed by atoms with Crippen LogP contribution in [0.3, 0.4) is 0 Å². The fraction of sp³-hybridized carbons (Fsp3) is 0.235. The molecule has 0 unspecified atom stereocenters. The molecule has 0 heterocycles. The number of thioether (sulfide) groups is 1. The van der Waals surface area contributed by atoms with Crippen LogP contribution in [0, 0.1) is 5.82 Å². The summed E-state index contributed by atoms with van der Waals surface area (Å²) in [5.41, 5.74) is 0.522. The lowest BCUT2D eigenvalue weighted by atomic mass is 10.2. The minimum atomic E-state index is -0.287. The first kappa shape index (κ1) is 17.0. The summed E-state index contributed by atoms with van der Waals surface area (Å²) >= 11 is 4.83. The van der Waals surface area contributed by atoms with Crippen molar-refractivity contribution in [3.8, 4) is 0 Å².